The van der Waals surface area contributed by atoms with Crippen molar-refractivity contribution in [2.75, 3.05) is 13.1 Å². The van der Waals surface area contributed by atoms with Crippen molar-refractivity contribution in [2.45, 2.75) is 46.1 Å². The number of Topliss-reactive ketones (excluding diaryl/α,β-unsaturated/α-hetero) is 1. The molecule has 30 heavy (non-hydrogen) atoms. The van der Waals surface area contributed by atoms with Gasteiger partial charge in [-0.25, -0.2) is 0 Å². The molecule has 1 aromatic carbocycles. The van der Waals surface area contributed by atoms with Crippen molar-refractivity contribution in [3.8, 4) is 0 Å². The van der Waals surface area contributed by atoms with Crippen LogP contribution in [0.5, 0.6) is 0 Å². The summed E-state index contributed by atoms with van der Waals surface area (Å²) >= 11 is 0. The molecule has 0 bridgehead atoms. The summed E-state index contributed by atoms with van der Waals surface area (Å²) in [4.78, 5) is 28.3. The summed E-state index contributed by atoms with van der Waals surface area (Å²) in [7, 11) is 0. The van der Waals surface area contributed by atoms with Gasteiger partial charge >= 0.3 is 0 Å². The van der Waals surface area contributed by atoms with Crippen LogP contribution < -0.4 is 0 Å². The van der Waals surface area contributed by atoms with Gasteiger partial charge in [0.2, 0.25) is 0 Å². The van der Waals surface area contributed by atoms with Crippen LogP contribution in [-0.4, -0.2) is 49.7 Å². The van der Waals surface area contributed by atoms with Crippen LogP contribution in [0.3, 0.4) is 0 Å². The molecule has 0 saturated carbocycles. The van der Waals surface area contributed by atoms with E-state index in [-0.39, 0.29) is 29.1 Å². The van der Waals surface area contributed by atoms with Gasteiger partial charge in [0.15, 0.2) is 5.78 Å². The predicted octanol–water partition coefficient (Wildman–Crippen LogP) is 3.64. The van der Waals surface area contributed by atoms with E-state index < -0.39 is 0 Å². The van der Waals surface area contributed by atoms with Gasteiger partial charge in [0.1, 0.15) is 5.69 Å². The zero-order valence-corrected chi connectivity index (χ0v) is 17.7. The number of carbonyl (C=O) groups excluding carboxylic acids is 2. The molecule has 1 N–H and O–H groups in total. The Kier molecular flexibility index (Phi) is 4.31. The number of nitrogens with zero attached hydrogens (tertiary/aromatic N) is 4. The monoisotopic (exact) mass is 405 g/mol. The molecule has 2 aliphatic rings. The largest absolute Gasteiger partial charge is 0.339 e. The lowest BCUT2D eigenvalue weighted by Crippen LogP contribution is -2.50. The molecule has 3 aromatic rings. The Labute approximate surface area is 175 Å². The molecule has 1 aliphatic heterocycles. The number of likely N-dealkylation sites (tertiary alicyclic amines) is 1. The Morgan fingerprint density at radius 3 is 2.73 bits per heavy atom. The number of piperidine rings is 1. The van der Waals surface area contributed by atoms with Crippen molar-refractivity contribution >= 4 is 22.6 Å². The van der Waals surface area contributed by atoms with Gasteiger partial charge in [-0.1, -0.05) is 6.92 Å². The van der Waals surface area contributed by atoms with Crippen LogP contribution in [0, 0.1) is 11.3 Å². The van der Waals surface area contributed by atoms with Gasteiger partial charge in [0.25, 0.3) is 5.91 Å². The van der Waals surface area contributed by atoms with Crippen molar-refractivity contribution in [3.63, 3.8) is 0 Å². The maximum atomic E-state index is 13.3. The van der Waals surface area contributed by atoms with Crippen LogP contribution in [0.25, 0.3) is 10.9 Å². The number of hydrogen-bond acceptors (Lipinski definition) is 4. The van der Waals surface area contributed by atoms with Crippen LogP contribution in [0.4, 0.5) is 0 Å². The number of amides is 1. The van der Waals surface area contributed by atoms with E-state index in [1.807, 2.05) is 34.0 Å². The Morgan fingerprint density at radius 1 is 1.23 bits per heavy atom. The first-order chi connectivity index (χ1) is 14.4. The van der Waals surface area contributed by atoms with Crippen LogP contribution in [0.2, 0.25) is 0 Å². The van der Waals surface area contributed by atoms with Crippen LogP contribution in [-0.2, 0) is 6.42 Å². The van der Waals surface area contributed by atoms with E-state index in [4.69, 9.17) is 0 Å². The Hall–Kier alpha value is -2.96. The molecule has 1 unspecified atom stereocenters. The highest BCUT2D eigenvalue weighted by Crippen LogP contribution is 2.47. The van der Waals surface area contributed by atoms with E-state index in [0.29, 0.717) is 18.7 Å². The number of rotatable bonds is 2. The maximum Gasteiger partial charge on any atom is 0.253 e. The zero-order chi connectivity index (χ0) is 21.0. The fraction of sp³-hybridized carbons (Fsp3) is 0.478. The van der Waals surface area contributed by atoms with E-state index in [0.717, 1.165) is 41.4 Å². The number of hydrogen-bond donors (Lipinski definition) is 1. The predicted molar refractivity (Wildman–Crippen MR) is 113 cm³/mol. The minimum absolute atomic E-state index is 0.0519. The molecular weight excluding hydrogens is 378 g/mol. The minimum Gasteiger partial charge on any atom is -0.339 e. The Bertz CT molecular complexity index is 1130. The molecule has 2 aromatic heterocycles. The molecule has 1 atom stereocenters. The summed E-state index contributed by atoms with van der Waals surface area (Å²) < 4.78 is 1.87. The summed E-state index contributed by atoms with van der Waals surface area (Å²) in [6.07, 6.45) is 6.16. The third kappa shape index (κ3) is 2.79. The summed E-state index contributed by atoms with van der Waals surface area (Å²) in [6, 6.07) is 5.82. The molecular formula is C23H27N5O2. The molecule has 156 valence electrons. The second-order valence-corrected chi connectivity index (χ2v) is 9.15. The quantitative estimate of drug-likeness (QED) is 0.706. The number of carbonyl (C=O) groups is 2. The normalized spacial score (nSPS) is 20.9. The standard InChI is InChI=1S/C23H27N5O2/c1-14(2)28-20-18(13-25-28)11-23(15(3)21(20)29)6-8-27(9-7-23)22(30)16-4-5-19-17(10-16)12-24-26-19/h4-5,10,12-15H,6-9,11H2,1-3H3,(H,24,26). The number of fused-ring (bicyclic) bond motifs is 2. The van der Waals surface area contributed by atoms with Gasteiger partial charge in [-0.05, 0) is 56.7 Å². The topological polar surface area (TPSA) is 83.9 Å². The maximum absolute atomic E-state index is 13.3. The Morgan fingerprint density at radius 2 is 2.00 bits per heavy atom. The van der Waals surface area contributed by atoms with Crippen molar-refractivity contribution < 1.29 is 9.59 Å². The van der Waals surface area contributed by atoms with E-state index in [1.54, 1.807) is 6.20 Å². The number of aromatic nitrogens is 4. The molecule has 7 heteroatoms. The fourth-order valence-corrected chi connectivity index (χ4v) is 5.23. The first kappa shape index (κ1) is 19.0. The lowest BCUT2D eigenvalue weighted by Gasteiger charge is -2.47. The molecule has 3 heterocycles. The summed E-state index contributed by atoms with van der Waals surface area (Å²) in [5, 5.41) is 12.4. The highest BCUT2D eigenvalue weighted by Gasteiger charge is 2.48. The number of H-pyrrole nitrogens is 1. The summed E-state index contributed by atoms with van der Waals surface area (Å²) in [5.41, 5.74) is 3.39. The number of aromatic amines is 1. The van der Waals surface area contributed by atoms with Crippen molar-refractivity contribution in [1.82, 2.24) is 24.9 Å². The first-order valence-electron chi connectivity index (χ1n) is 10.7. The van der Waals surface area contributed by atoms with Gasteiger partial charge in [-0.15, -0.1) is 0 Å². The minimum atomic E-state index is -0.0831. The number of nitrogens with one attached hydrogen (secondary N) is 1. The van der Waals surface area contributed by atoms with Gasteiger partial charge in [-0.3, -0.25) is 19.4 Å². The third-order valence-electron chi connectivity index (χ3n) is 7.18. The van der Waals surface area contributed by atoms with Crippen LogP contribution in [0.1, 0.15) is 66.1 Å². The van der Waals surface area contributed by atoms with Gasteiger partial charge in [-0.2, -0.15) is 10.2 Å². The van der Waals surface area contributed by atoms with Crippen molar-refractivity contribution in [2.24, 2.45) is 11.3 Å². The molecule has 1 spiro atoms. The second-order valence-electron chi connectivity index (χ2n) is 9.15. The molecule has 1 aliphatic carbocycles. The van der Waals surface area contributed by atoms with Gasteiger partial charge in [0, 0.05) is 41.6 Å². The van der Waals surface area contributed by atoms with Crippen molar-refractivity contribution in [1.29, 1.82) is 0 Å². The zero-order valence-electron chi connectivity index (χ0n) is 17.7. The Balaban J connectivity index is 1.35. The third-order valence-corrected chi connectivity index (χ3v) is 7.18. The van der Waals surface area contributed by atoms with Crippen molar-refractivity contribution in [3.05, 3.63) is 47.4 Å². The van der Waals surface area contributed by atoms with E-state index >= 15 is 0 Å². The average molecular weight is 406 g/mol. The van der Waals surface area contributed by atoms with E-state index in [2.05, 4.69) is 36.1 Å². The number of benzene rings is 1. The van der Waals surface area contributed by atoms with E-state index in [1.165, 1.54) is 0 Å². The lowest BCUT2D eigenvalue weighted by atomic mass is 9.61. The molecule has 1 saturated heterocycles. The molecule has 1 fully saturated rings. The molecule has 7 nitrogen and oxygen atoms in total. The first-order valence-corrected chi connectivity index (χ1v) is 10.7. The van der Waals surface area contributed by atoms with E-state index in [9.17, 15) is 9.59 Å². The SMILES string of the molecule is CC(C)n1ncc2c1C(=O)C(C)C1(CCN(C(=O)c3ccc4[nH]ncc4c3)CC1)C2. The second kappa shape index (κ2) is 6.79. The molecule has 5 rings (SSSR count). The molecule has 0 radical (unpaired) electrons. The van der Waals surface area contributed by atoms with Crippen LogP contribution in [0.15, 0.2) is 30.6 Å². The highest BCUT2D eigenvalue weighted by atomic mass is 16.2. The summed E-state index contributed by atoms with van der Waals surface area (Å²) in [6.45, 7) is 7.52. The molecule has 1 amide bonds. The smallest absolute Gasteiger partial charge is 0.253 e. The lowest BCUT2D eigenvalue weighted by molar-refractivity contribution is 0.0344. The highest BCUT2D eigenvalue weighted by molar-refractivity contribution is 6.00. The van der Waals surface area contributed by atoms with Gasteiger partial charge < -0.3 is 4.90 Å². The number of ketones is 1. The van der Waals surface area contributed by atoms with Crippen LogP contribution >= 0.6 is 0 Å². The fourth-order valence-electron chi connectivity index (χ4n) is 5.23. The summed E-state index contributed by atoms with van der Waals surface area (Å²) in [5.74, 6) is 0.197. The average Bonchev–Trinajstić information content (AvgIpc) is 3.38. The van der Waals surface area contributed by atoms with Gasteiger partial charge in [0.05, 0.1) is 17.9 Å².